The van der Waals surface area contributed by atoms with E-state index in [0.29, 0.717) is 15.7 Å². The molecular weight excluding hydrogens is 268 g/mol. The Hall–Kier alpha value is -1.63. The van der Waals surface area contributed by atoms with Crippen LogP contribution in [0.5, 0.6) is 0 Å². The summed E-state index contributed by atoms with van der Waals surface area (Å²) in [6, 6.07) is 0. The number of thiazole rings is 1. The molecule has 1 aromatic rings. The number of amides is 1. The zero-order valence-electron chi connectivity index (χ0n) is 11.6. The van der Waals surface area contributed by atoms with Gasteiger partial charge >= 0.3 is 12.1 Å². The Morgan fingerprint density at radius 3 is 2.47 bits per heavy atom. The van der Waals surface area contributed by atoms with Gasteiger partial charge < -0.3 is 9.84 Å². The lowest BCUT2D eigenvalue weighted by Crippen LogP contribution is -2.27. The summed E-state index contributed by atoms with van der Waals surface area (Å²) < 4.78 is 5.10. The highest BCUT2D eigenvalue weighted by atomic mass is 32.1. The van der Waals surface area contributed by atoms with E-state index in [1.807, 2.05) is 0 Å². The molecule has 1 atom stereocenters. The number of anilines is 1. The molecule has 0 saturated heterocycles. The monoisotopic (exact) mass is 286 g/mol. The SMILES string of the molecule is Cc1nc(NC(=O)OC(C)(C)C)sc1C(C)C(=O)O. The molecule has 0 aliphatic heterocycles. The topological polar surface area (TPSA) is 88.5 Å². The second-order valence-corrected chi connectivity index (χ2v) is 6.19. The van der Waals surface area contributed by atoms with Crippen molar-refractivity contribution in [2.45, 2.75) is 46.1 Å². The zero-order chi connectivity index (χ0) is 14.8. The first-order valence-corrected chi connectivity index (χ1v) is 6.62. The lowest BCUT2D eigenvalue weighted by molar-refractivity contribution is -0.138. The molecule has 0 saturated carbocycles. The summed E-state index contributed by atoms with van der Waals surface area (Å²) in [6.45, 7) is 8.58. The molecular formula is C12H18N2O4S. The number of nitrogens with zero attached hydrogens (tertiary/aromatic N) is 1. The molecule has 0 fully saturated rings. The fourth-order valence-electron chi connectivity index (χ4n) is 1.37. The Bertz CT molecular complexity index is 490. The largest absolute Gasteiger partial charge is 0.481 e. The minimum atomic E-state index is -0.921. The van der Waals surface area contributed by atoms with E-state index >= 15 is 0 Å². The number of rotatable bonds is 3. The molecule has 7 heteroatoms. The van der Waals surface area contributed by atoms with E-state index in [1.54, 1.807) is 34.6 Å². The Morgan fingerprint density at radius 2 is 2.00 bits per heavy atom. The highest BCUT2D eigenvalue weighted by molar-refractivity contribution is 7.16. The molecule has 1 heterocycles. The van der Waals surface area contributed by atoms with E-state index in [4.69, 9.17) is 9.84 Å². The van der Waals surface area contributed by atoms with Gasteiger partial charge in [0, 0.05) is 4.88 Å². The van der Waals surface area contributed by atoms with Crippen molar-refractivity contribution < 1.29 is 19.4 Å². The predicted octanol–water partition coefficient (Wildman–Crippen LogP) is 2.99. The molecule has 106 valence electrons. The van der Waals surface area contributed by atoms with E-state index in [1.165, 1.54) is 0 Å². The van der Waals surface area contributed by atoms with Gasteiger partial charge in [0.1, 0.15) is 5.60 Å². The first-order valence-electron chi connectivity index (χ1n) is 5.80. The van der Waals surface area contributed by atoms with Gasteiger partial charge in [-0.2, -0.15) is 0 Å². The maximum atomic E-state index is 11.6. The third-order valence-corrected chi connectivity index (χ3v) is 3.46. The van der Waals surface area contributed by atoms with Crippen LogP contribution >= 0.6 is 11.3 Å². The van der Waals surface area contributed by atoms with Crippen molar-refractivity contribution >= 4 is 28.5 Å². The van der Waals surface area contributed by atoms with Crippen LogP contribution in [0.4, 0.5) is 9.93 Å². The number of aromatic nitrogens is 1. The lowest BCUT2D eigenvalue weighted by Gasteiger charge is -2.18. The number of aliphatic carboxylic acids is 1. The molecule has 0 radical (unpaired) electrons. The molecule has 1 aromatic heterocycles. The molecule has 0 aromatic carbocycles. The standard InChI is InChI=1S/C12H18N2O4S/c1-6(9(15)16)8-7(2)13-10(19-8)14-11(17)18-12(3,4)5/h6H,1-5H3,(H,15,16)(H,13,14,17). The second-order valence-electron chi connectivity index (χ2n) is 5.16. The summed E-state index contributed by atoms with van der Waals surface area (Å²) in [5.41, 5.74) is 0.0130. The number of aryl methyl sites for hydroxylation is 1. The maximum Gasteiger partial charge on any atom is 0.413 e. The third-order valence-electron chi connectivity index (χ3n) is 2.20. The maximum absolute atomic E-state index is 11.6. The van der Waals surface area contributed by atoms with Crippen molar-refractivity contribution in [1.29, 1.82) is 0 Å². The molecule has 0 spiro atoms. The molecule has 1 unspecified atom stereocenters. The molecule has 0 aliphatic carbocycles. The number of hydrogen-bond donors (Lipinski definition) is 2. The van der Waals surface area contributed by atoms with Crippen molar-refractivity contribution in [2.75, 3.05) is 5.32 Å². The van der Waals surface area contributed by atoms with Crippen molar-refractivity contribution in [3.63, 3.8) is 0 Å². The van der Waals surface area contributed by atoms with Crippen LogP contribution in [0.15, 0.2) is 0 Å². The normalized spacial score (nSPS) is 12.9. The number of ether oxygens (including phenoxy) is 1. The van der Waals surface area contributed by atoms with Gasteiger partial charge in [-0.1, -0.05) is 0 Å². The van der Waals surface area contributed by atoms with Gasteiger partial charge in [-0.15, -0.1) is 11.3 Å². The summed E-state index contributed by atoms with van der Waals surface area (Å²) in [6.07, 6.45) is -0.601. The Labute approximate surface area is 115 Å². The summed E-state index contributed by atoms with van der Waals surface area (Å²) in [7, 11) is 0. The van der Waals surface area contributed by atoms with Crippen LogP contribution in [0.2, 0.25) is 0 Å². The van der Waals surface area contributed by atoms with E-state index < -0.39 is 23.6 Å². The summed E-state index contributed by atoms with van der Waals surface area (Å²) in [5, 5.41) is 11.8. The molecule has 19 heavy (non-hydrogen) atoms. The highest BCUT2D eigenvalue weighted by Gasteiger charge is 2.22. The van der Waals surface area contributed by atoms with Crippen molar-refractivity contribution in [3.8, 4) is 0 Å². The van der Waals surface area contributed by atoms with E-state index in [9.17, 15) is 9.59 Å². The van der Waals surface area contributed by atoms with Crippen LogP contribution in [0.3, 0.4) is 0 Å². The molecule has 1 amide bonds. The molecule has 0 bridgehead atoms. The Morgan fingerprint density at radius 1 is 1.42 bits per heavy atom. The predicted molar refractivity (Wildman–Crippen MR) is 72.8 cm³/mol. The second kappa shape index (κ2) is 5.56. The fraction of sp³-hybridized carbons (Fsp3) is 0.583. The number of carboxylic acids is 1. The van der Waals surface area contributed by atoms with Gasteiger partial charge in [0.05, 0.1) is 11.6 Å². The minimum absolute atomic E-state index is 0.342. The molecule has 2 N–H and O–H groups in total. The number of carboxylic acid groups (broad SMARTS) is 1. The first-order chi connectivity index (χ1) is 8.60. The van der Waals surface area contributed by atoms with Crippen LogP contribution in [-0.4, -0.2) is 27.8 Å². The van der Waals surface area contributed by atoms with Crippen LogP contribution in [-0.2, 0) is 9.53 Å². The number of hydrogen-bond acceptors (Lipinski definition) is 5. The van der Waals surface area contributed by atoms with Gasteiger partial charge in [0.15, 0.2) is 5.13 Å². The van der Waals surface area contributed by atoms with Gasteiger partial charge in [-0.25, -0.2) is 9.78 Å². The average Bonchev–Trinajstić information content (AvgIpc) is 2.54. The highest BCUT2D eigenvalue weighted by Crippen LogP contribution is 2.30. The van der Waals surface area contributed by atoms with E-state index in [0.717, 1.165) is 11.3 Å². The quantitative estimate of drug-likeness (QED) is 0.891. The smallest absolute Gasteiger partial charge is 0.413 e. The van der Waals surface area contributed by atoms with Gasteiger partial charge in [-0.3, -0.25) is 10.1 Å². The van der Waals surface area contributed by atoms with Gasteiger partial charge in [0.2, 0.25) is 0 Å². The van der Waals surface area contributed by atoms with Crippen LogP contribution < -0.4 is 5.32 Å². The summed E-state index contributed by atoms with van der Waals surface area (Å²) in [5.74, 6) is -1.57. The van der Waals surface area contributed by atoms with E-state index in [2.05, 4.69) is 10.3 Å². The molecule has 6 nitrogen and oxygen atoms in total. The zero-order valence-corrected chi connectivity index (χ0v) is 12.4. The number of nitrogens with one attached hydrogen (secondary N) is 1. The van der Waals surface area contributed by atoms with Crippen molar-refractivity contribution in [3.05, 3.63) is 10.6 Å². The number of carbonyl (C=O) groups excluding carboxylic acids is 1. The third kappa shape index (κ3) is 4.51. The lowest BCUT2D eigenvalue weighted by atomic mass is 10.1. The number of carbonyl (C=O) groups is 2. The average molecular weight is 286 g/mol. The van der Waals surface area contributed by atoms with Crippen LogP contribution in [0, 0.1) is 6.92 Å². The molecule has 0 aliphatic rings. The van der Waals surface area contributed by atoms with Gasteiger partial charge in [-0.05, 0) is 34.6 Å². The first kappa shape index (κ1) is 15.4. The fourth-order valence-corrected chi connectivity index (χ4v) is 2.36. The van der Waals surface area contributed by atoms with Crippen LogP contribution in [0.1, 0.15) is 44.2 Å². The van der Waals surface area contributed by atoms with E-state index in [-0.39, 0.29) is 0 Å². The van der Waals surface area contributed by atoms with Crippen molar-refractivity contribution in [2.24, 2.45) is 0 Å². The van der Waals surface area contributed by atoms with Crippen LogP contribution in [0.25, 0.3) is 0 Å². The van der Waals surface area contributed by atoms with Gasteiger partial charge in [0.25, 0.3) is 0 Å². The summed E-state index contributed by atoms with van der Waals surface area (Å²) in [4.78, 5) is 27.3. The molecule has 1 rings (SSSR count). The Balaban J connectivity index is 2.79. The summed E-state index contributed by atoms with van der Waals surface area (Å²) >= 11 is 1.15. The van der Waals surface area contributed by atoms with Crippen molar-refractivity contribution in [1.82, 2.24) is 4.98 Å². The Kier molecular flexibility index (Phi) is 4.52. The minimum Gasteiger partial charge on any atom is -0.481 e.